The third-order valence-corrected chi connectivity index (χ3v) is 3.66. The van der Waals surface area contributed by atoms with Crippen LogP contribution in [0.2, 0.25) is 0 Å². The predicted molar refractivity (Wildman–Crippen MR) is 46.9 cm³/mol. The number of carbonyl (C=O) groups is 1. The van der Waals surface area contributed by atoms with Crippen molar-refractivity contribution in [1.29, 1.82) is 0 Å². The Morgan fingerprint density at radius 1 is 1.75 bits per heavy atom. The maximum atomic E-state index is 11.2. The Hall–Kier alpha value is -0.260. The summed E-state index contributed by atoms with van der Waals surface area (Å²) in [6.45, 7) is 0.722. The number of aliphatic hydroxyl groups excluding tert-OH is 1. The van der Waals surface area contributed by atoms with Gasteiger partial charge in [0, 0.05) is 30.9 Å². The average Bonchev–Trinajstić information content (AvgIpc) is 2.55. The molecule has 2 aliphatic heterocycles. The van der Waals surface area contributed by atoms with Gasteiger partial charge in [-0.1, -0.05) is 11.8 Å². The van der Waals surface area contributed by atoms with Gasteiger partial charge in [-0.15, -0.1) is 0 Å². The van der Waals surface area contributed by atoms with Crippen molar-refractivity contribution in [1.82, 2.24) is 4.90 Å². The number of nitrogens with two attached hydrogens (primary N) is 1. The monoisotopic (exact) mass is 188 g/mol. The molecule has 68 valence electrons. The summed E-state index contributed by atoms with van der Waals surface area (Å²) in [7, 11) is 0. The molecule has 2 fully saturated rings. The minimum Gasteiger partial charge on any atom is -0.396 e. The van der Waals surface area contributed by atoms with Crippen LogP contribution in [0.15, 0.2) is 0 Å². The number of thioether (sulfide) groups is 1. The van der Waals surface area contributed by atoms with Gasteiger partial charge in [0.15, 0.2) is 0 Å². The number of amides is 1. The van der Waals surface area contributed by atoms with E-state index in [0.29, 0.717) is 6.54 Å². The number of hydrogen-bond donors (Lipinski definition) is 2. The van der Waals surface area contributed by atoms with Crippen molar-refractivity contribution in [3.05, 3.63) is 0 Å². The molecule has 0 spiro atoms. The number of carbonyl (C=O) groups excluding carboxylic acids is 1. The summed E-state index contributed by atoms with van der Waals surface area (Å²) in [6.07, 6.45) is 0. The molecule has 4 nitrogen and oxygen atoms in total. The van der Waals surface area contributed by atoms with Crippen LogP contribution in [0.4, 0.5) is 4.79 Å². The fourth-order valence-corrected chi connectivity index (χ4v) is 2.95. The summed E-state index contributed by atoms with van der Waals surface area (Å²) >= 11 is 1.33. The minimum atomic E-state index is -0.0334. The van der Waals surface area contributed by atoms with Crippen LogP contribution in [0.25, 0.3) is 0 Å². The SMILES string of the molecule is N[C@@H]1[C@H](CO)CN2C(=O)SC[C@@H]12. The molecule has 1 amide bonds. The maximum absolute atomic E-state index is 11.2. The normalized spacial score (nSPS) is 40.7. The van der Waals surface area contributed by atoms with Crippen LogP contribution in [-0.2, 0) is 0 Å². The van der Waals surface area contributed by atoms with E-state index < -0.39 is 0 Å². The van der Waals surface area contributed by atoms with Gasteiger partial charge in [0.1, 0.15) is 0 Å². The zero-order chi connectivity index (χ0) is 8.72. The van der Waals surface area contributed by atoms with Crippen LogP contribution in [0.3, 0.4) is 0 Å². The molecule has 2 saturated heterocycles. The summed E-state index contributed by atoms with van der Waals surface area (Å²) in [5.41, 5.74) is 5.87. The molecule has 3 N–H and O–H groups in total. The van der Waals surface area contributed by atoms with Crippen molar-refractivity contribution in [3.63, 3.8) is 0 Å². The Morgan fingerprint density at radius 3 is 3.08 bits per heavy atom. The fourth-order valence-electron chi connectivity index (χ4n) is 1.86. The molecule has 0 aliphatic carbocycles. The number of hydrogen-bond acceptors (Lipinski definition) is 4. The quantitative estimate of drug-likeness (QED) is 0.580. The first-order valence-electron chi connectivity index (χ1n) is 4.04. The molecular formula is C7H12N2O2S. The lowest BCUT2D eigenvalue weighted by atomic mass is 10.0. The Balaban J connectivity index is 2.13. The molecule has 3 atom stereocenters. The number of rotatable bonds is 1. The van der Waals surface area contributed by atoms with Crippen LogP contribution in [0.5, 0.6) is 0 Å². The molecule has 0 saturated carbocycles. The van der Waals surface area contributed by atoms with Gasteiger partial charge in [-0.05, 0) is 0 Å². The largest absolute Gasteiger partial charge is 0.396 e. The molecule has 2 rings (SSSR count). The van der Waals surface area contributed by atoms with E-state index in [1.165, 1.54) is 11.8 Å². The molecule has 0 radical (unpaired) electrons. The van der Waals surface area contributed by atoms with E-state index >= 15 is 0 Å². The fraction of sp³-hybridized carbons (Fsp3) is 0.857. The van der Waals surface area contributed by atoms with Crippen molar-refractivity contribution in [2.24, 2.45) is 11.7 Å². The van der Waals surface area contributed by atoms with Crippen molar-refractivity contribution in [2.75, 3.05) is 18.9 Å². The first-order chi connectivity index (χ1) is 5.74. The van der Waals surface area contributed by atoms with Gasteiger partial charge < -0.3 is 15.7 Å². The third-order valence-electron chi connectivity index (χ3n) is 2.67. The molecular weight excluding hydrogens is 176 g/mol. The van der Waals surface area contributed by atoms with Crippen LogP contribution in [0.1, 0.15) is 0 Å². The highest BCUT2D eigenvalue weighted by Crippen LogP contribution is 2.33. The lowest BCUT2D eigenvalue weighted by Crippen LogP contribution is -2.40. The van der Waals surface area contributed by atoms with E-state index in [0.717, 1.165) is 5.75 Å². The van der Waals surface area contributed by atoms with E-state index in [1.807, 2.05) is 0 Å². The van der Waals surface area contributed by atoms with Gasteiger partial charge in [-0.3, -0.25) is 4.79 Å². The lowest BCUT2D eigenvalue weighted by molar-refractivity contribution is 0.212. The van der Waals surface area contributed by atoms with Crippen molar-refractivity contribution in [2.45, 2.75) is 12.1 Å². The van der Waals surface area contributed by atoms with Gasteiger partial charge in [0.25, 0.3) is 5.24 Å². The third kappa shape index (κ3) is 1.04. The van der Waals surface area contributed by atoms with Crippen LogP contribution in [-0.4, -0.2) is 46.2 Å². The summed E-state index contributed by atoms with van der Waals surface area (Å²) in [5, 5.41) is 9.07. The maximum Gasteiger partial charge on any atom is 0.282 e. The van der Waals surface area contributed by atoms with E-state index in [-0.39, 0.29) is 29.8 Å². The minimum absolute atomic E-state index is 0.0334. The van der Waals surface area contributed by atoms with E-state index in [1.54, 1.807) is 4.90 Å². The number of fused-ring (bicyclic) bond motifs is 1. The Morgan fingerprint density at radius 2 is 2.50 bits per heavy atom. The van der Waals surface area contributed by atoms with Gasteiger partial charge >= 0.3 is 0 Å². The summed E-state index contributed by atoms with van der Waals surface area (Å²) in [5.74, 6) is 0.871. The predicted octanol–water partition coefficient (Wildman–Crippen LogP) is -0.527. The van der Waals surface area contributed by atoms with Gasteiger partial charge in [-0.2, -0.15) is 0 Å². The standard InChI is InChI=1S/C7H12N2O2S/c8-6-4(2-10)1-9-5(6)3-12-7(9)11/h4-6,10H,1-3,8H2/t4-,5-,6+/m0/s1. The van der Waals surface area contributed by atoms with Crippen LogP contribution < -0.4 is 5.73 Å². The Bertz CT molecular complexity index is 212. The highest BCUT2D eigenvalue weighted by Gasteiger charge is 2.45. The Kier molecular flexibility index (Phi) is 2.02. The first-order valence-corrected chi connectivity index (χ1v) is 5.02. The molecule has 5 heteroatoms. The Labute approximate surface area is 75.1 Å². The average molecular weight is 188 g/mol. The summed E-state index contributed by atoms with van der Waals surface area (Å²) < 4.78 is 0. The zero-order valence-corrected chi connectivity index (χ0v) is 7.46. The molecule has 2 aliphatic rings. The first kappa shape index (κ1) is 8.34. The highest BCUT2D eigenvalue weighted by atomic mass is 32.2. The van der Waals surface area contributed by atoms with Crippen molar-refractivity contribution < 1.29 is 9.90 Å². The zero-order valence-electron chi connectivity index (χ0n) is 6.64. The van der Waals surface area contributed by atoms with E-state index in [4.69, 9.17) is 10.8 Å². The highest BCUT2D eigenvalue weighted by molar-refractivity contribution is 8.13. The van der Waals surface area contributed by atoms with E-state index in [9.17, 15) is 4.79 Å². The molecule has 12 heavy (non-hydrogen) atoms. The summed E-state index contributed by atoms with van der Waals surface area (Å²) in [6, 6.07) is 0.133. The molecule has 0 unspecified atom stereocenters. The topological polar surface area (TPSA) is 66.6 Å². The molecule has 0 aromatic rings. The number of nitrogens with zero attached hydrogens (tertiary/aromatic N) is 1. The second kappa shape index (κ2) is 2.90. The summed E-state index contributed by atoms with van der Waals surface area (Å²) in [4.78, 5) is 13.0. The van der Waals surface area contributed by atoms with Crippen molar-refractivity contribution >= 4 is 17.0 Å². The smallest absolute Gasteiger partial charge is 0.282 e. The van der Waals surface area contributed by atoms with Crippen LogP contribution >= 0.6 is 11.8 Å². The second-order valence-electron chi connectivity index (χ2n) is 3.32. The molecule has 0 aromatic carbocycles. The lowest BCUT2D eigenvalue weighted by Gasteiger charge is -2.15. The molecule has 2 heterocycles. The van der Waals surface area contributed by atoms with Crippen LogP contribution in [0, 0.1) is 5.92 Å². The number of aliphatic hydroxyl groups is 1. The van der Waals surface area contributed by atoms with E-state index in [2.05, 4.69) is 0 Å². The van der Waals surface area contributed by atoms with Gasteiger partial charge in [0.2, 0.25) is 0 Å². The van der Waals surface area contributed by atoms with Crippen molar-refractivity contribution in [3.8, 4) is 0 Å². The van der Waals surface area contributed by atoms with Gasteiger partial charge in [-0.25, -0.2) is 0 Å². The molecule has 0 bridgehead atoms. The second-order valence-corrected chi connectivity index (χ2v) is 4.29. The van der Waals surface area contributed by atoms with Gasteiger partial charge in [0.05, 0.1) is 6.04 Å². The molecule has 0 aromatic heterocycles.